The third kappa shape index (κ3) is 6.93. The average Bonchev–Trinajstić information content (AvgIpc) is 2.81. The Balaban J connectivity index is 1.75. The molecule has 9 heteroatoms. The van der Waals surface area contributed by atoms with Gasteiger partial charge in [-0.05, 0) is 35.2 Å². The second-order valence-electron chi connectivity index (χ2n) is 8.79. The van der Waals surface area contributed by atoms with Crippen molar-refractivity contribution in [1.29, 1.82) is 5.26 Å². The normalized spacial score (nSPS) is 11.7. The Morgan fingerprint density at radius 1 is 1.09 bits per heavy atom. The van der Waals surface area contributed by atoms with E-state index >= 15 is 0 Å². The zero-order chi connectivity index (χ0) is 25.6. The number of nitriles is 1. The van der Waals surface area contributed by atoms with Gasteiger partial charge in [0.2, 0.25) is 5.88 Å². The van der Waals surface area contributed by atoms with Crippen LogP contribution in [0.2, 0.25) is 5.02 Å². The van der Waals surface area contributed by atoms with Crippen LogP contribution in [0.25, 0.3) is 0 Å². The molecule has 35 heavy (non-hydrogen) atoms. The van der Waals surface area contributed by atoms with Gasteiger partial charge in [-0.3, -0.25) is 0 Å². The van der Waals surface area contributed by atoms with Crippen molar-refractivity contribution in [3.8, 4) is 17.7 Å². The van der Waals surface area contributed by atoms with Gasteiger partial charge in [-0.1, -0.05) is 56.6 Å². The van der Waals surface area contributed by atoms with E-state index < -0.39 is 15.3 Å². The summed E-state index contributed by atoms with van der Waals surface area (Å²) in [5.41, 5.74) is 2.88. The van der Waals surface area contributed by atoms with Crippen LogP contribution in [-0.2, 0) is 27.6 Å². The molecule has 0 aliphatic heterocycles. The Hall–Kier alpha value is -3.15. The molecule has 0 saturated carbocycles. The number of ether oxygens (including phenoxy) is 2. The van der Waals surface area contributed by atoms with Crippen molar-refractivity contribution in [3.63, 3.8) is 0 Å². The topological polar surface area (TPSA) is 102 Å². The molecule has 184 valence electrons. The molecule has 0 saturated heterocycles. The van der Waals surface area contributed by atoms with Crippen LogP contribution >= 0.6 is 11.6 Å². The van der Waals surface area contributed by atoms with E-state index in [-0.39, 0.29) is 18.2 Å². The minimum absolute atomic E-state index is 0.198. The fourth-order valence-electron chi connectivity index (χ4n) is 3.49. The van der Waals surface area contributed by atoms with Crippen LogP contribution in [0.15, 0.2) is 48.7 Å². The highest BCUT2D eigenvalue weighted by atomic mass is 35.5. The molecular weight excluding hydrogens is 486 g/mol. The number of nitrogens with zero attached hydrogens (tertiary/aromatic N) is 3. The summed E-state index contributed by atoms with van der Waals surface area (Å²) >= 11 is 6.48. The molecule has 0 spiro atoms. The van der Waals surface area contributed by atoms with Gasteiger partial charge in [-0.2, -0.15) is 10.2 Å². The van der Waals surface area contributed by atoms with Gasteiger partial charge in [0.15, 0.2) is 15.6 Å². The fourth-order valence-corrected chi connectivity index (χ4v) is 4.38. The minimum Gasteiger partial charge on any atom is -0.491 e. The van der Waals surface area contributed by atoms with Gasteiger partial charge in [-0.15, -0.1) is 0 Å². The second kappa shape index (κ2) is 11.1. The van der Waals surface area contributed by atoms with Crippen LogP contribution in [0.3, 0.4) is 0 Å². The van der Waals surface area contributed by atoms with Crippen LogP contribution in [0, 0.1) is 11.3 Å². The first-order chi connectivity index (χ1) is 16.5. The van der Waals surface area contributed by atoms with E-state index in [1.54, 1.807) is 6.07 Å². The van der Waals surface area contributed by atoms with Gasteiger partial charge in [0.25, 0.3) is 0 Å². The smallest absolute Gasteiger partial charge is 0.216 e. The van der Waals surface area contributed by atoms with Gasteiger partial charge in [0, 0.05) is 23.9 Å². The first kappa shape index (κ1) is 26.5. The van der Waals surface area contributed by atoms with E-state index in [0.29, 0.717) is 28.8 Å². The number of halogens is 1. The number of benzene rings is 2. The molecule has 1 heterocycles. The Labute approximate surface area is 211 Å². The highest BCUT2D eigenvalue weighted by Gasteiger charge is 2.26. The molecule has 0 fully saturated rings. The molecule has 0 amide bonds. The second-order valence-corrected chi connectivity index (χ2v) is 11.3. The predicted molar refractivity (Wildman–Crippen MR) is 135 cm³/mol. The predicted octanol–water partition coefficient (Wildman–Crippen LogP) is 5.24. The highest BCUT2D eigenvalue weighted by molar-refractivity contribution is 7.89. The molecule has 0 atom stereocenters. The Morgan fingerprint density at radius 2 is 1.80 bits per heavy atom. The zero-order valence-corrected chi connectivity index (χ0v) is 21.8. The van der Waals surface area contributed by atoms with Gasteiger partial charge in [0.1, 0.15) is 24.3 Å². The number of aromatic nitrogens is 2. The van der Waals surface area contributed by atoms with E-state index in [2.05, 4.69) is 29.9 Å². The van der Waals surface area contributed by atoms with Crippen molar-refractivity contribution in [2.24, 2.45) is 0 Å². The van der Waals surface area contributed by atoms with Crippen molar-refractivity contribution in [2.75, 3.05) is 12.9 Å². The molecule has 0 aliphatic carbocycles. The van der Waals surface area contributed by atoms with E-state index in [1.165, 1.54) is 6.20 Å². The van der Waals surface area contributed by atoms with Gasteiger partial charge < -0.3 is 9.47 Å². The molecule has 2 aromatic carbocycles. The highest BCUT2D eigenvalue weighted by Crippen LogP contribution is 2.38. The summed E-state index contributed by atoms with van der Waals surface area (Å²) in [5.74, 6) is 0.695. The van der Waals surface area contributed by atoms with E-state index in [4.69, 9.17) is 21.1 Å². The molecule has 0 unspecified atom stereocenters. The quantitative estimate of drug-likeness (QED) is 0.365. The molecule has 0 N–H and O–H groups in total. The van der Waals surface area contributed by atoms with E-state index in [0.717, 1.165) is 29.4 Å². The molecular formula is C26H28ClN3O4S. The van der Waals surface area contributed by atoms with Gasteiger partial charge in [-0.25, -0.2) is 13.4 Å². The van der Waals surface area contributed by atoms with Crippen LogP contribution < -0.4 is 9.47 Å². The number of rotatable bonds is 10. The fraction of sp³-hybridized carbons (Fsp3) is 0.346. The van der Waals surface area contributed by atoms with Crippen molar-refractivity contribution >= 4 is 21.4 Å². The number of hydrogen-bond acceptors (Lipinski definition) is 7. The minimum atomic E-state index is -3.23. The largest absolute Gasteiger partial charge is 0.491 e. The Kier molecular flexibility index (Phi) is 8.36. The lowest BCUT2D eigenvalue weighted by molar-refractivity contribution is 0.292. The molecule has 0 radical (unpaired) electrons. The first-order valence-corrected chi connectivity index (χ1v) is 13.6. The third-order valence-electron chi connectivity index (χ3n) is 5.47. The van der Waals surface area contributed by atoms with E-state index in [9.17, 15) is 13.7 Å². The standard InChI is InChI=1S/C26H28ClN3O4S/c1-5-12-33-25-19(15-28)13-21(14-22(25)27)26(2,3)20-8-6-18(7-9-20)16-34-24-10-11-29-23(30-24)17-35(4,31)32/h6-11,13-14H,5,12,16-17H2,1-4H3. The SMILES string of the molecule is CCCOc1c(Cl)cc(C(C)(C)c2ccc(COc3ccnc(CS(C)(=O)=O)n3)cc2)cc1C#N. The third-order valence-corrected chi connectivity index (χ3v) is 6.53. The van der Waals surface area contributed by atoms with Crippen LogP contribution in [0.5, 0.6) is 11.6 Å². The molecule has 7 nitrogen and oxygen atoms in total. The lowest BCUT2D eigenvalue weighted by Gasteiger charge is -2.27. The monoisotopic (exact) mass is 513 g/mol. The van der Waals surface area contributed by atoms with Crippen LogP contribution in [-0.4, -0.2) is 31.2 Å². The summed E-state index contributed by atoms with van der Waals surface area (Å²) in [6.45, 7) is 6.90. The molecule has 0 bridgehead atoms. The molecule has 3 aromatic rings. The summed E-state index contributed by atoms with van der Waals surface area (Å²) in [5, 5.41) is 10.0. The lowest BCUT2D eigenvalue weighted by atomic mass is 9.77. The first-order valence-electron chi connectivity index (χ1n) is 11.1. The van der Waals surface area contributed by atoms with Crippen LogP contribution in [0.1, 0.15) is 55.3 Å². The number of sulfone groups is 1. The summed E-state index contributed by atoms with van der Waals surface area (Å²) in [6.07, 6.45) is 3.44. The van der Waals surface area contributed by atoms with Gasteiger partial charge >= 0.3 is 0 Å². The maximum absolute atomic E-state index is 11.5. The lowest BCUT2D eigenvalue weighted by Crippen LogP contribution is -2.19. The van der Waals surface area contributed by atoms with Crippen molar-refractivity contribution in [2.45, 2.75) is 45.0 Å². The molecule has 1 aromatic heterocycles. The summed E-state index contributed by atoms with van der Waals surface area (Å²) in [6, 6.07) is 15.4. The molecule has 3 rings (SSSR count). The van der Waals surface area contributed by atoms with Crippen LogP contribution in [0.4, 0.5) is 0 Å². The van der Waals surface area contributed by atoms with Crippen molar-refractivity contribution in [3.05, 3.63) is 81.8 Å². The summed E-state index contributed by atoms with van der Waals surface area (Å²) < 4.78 is 34.4. The maximum atomic E-state index is 11.5. The van der Waals surface area contributed by atoms with Crippen molar-refractivity contribution in [1.82, 2.24) is 9.97 Å². The average molecular weight is 514 g/mol. The van der Waals surface area contributed by atoms with Crippen molar-refractivity contribution < 1.29 is 17.9 Å². The van der Waals surface area contributed by atoms with Gasteiger partial charge in [0.05, 0.1) is 17.2 Å². The summed E-state index contributed by atoms with van der Waals surface area (Å²) in [4.78, 5) is 8.14. The number of hydrogen-bond donors (Lipinski definition) is 0. The summed E-state index contributed by atoms with van der Waals surface area (Å²) in [7, 11) is -3.23. The zero-order valence-electron chi connectivity index (χ0n) is 20.2. The molecule has 0 aliphatic rings. The van der Waals surface area contributed by atoms with E-state index in [1.807, 2.05) is 43.3 Å². The maximum Gasteiger partial charge on any atom is 0.216 e. The Morgan fingerprint density at radius 3 is 2.43 bits per heavy atom. The Bertz CT molecular complexity index is 1330.